The van der Waals surface area contributed by atoms with Crippen molar-refractivity contribution in [2.75, 3.05) is 14.2 Å². The topological polar surface area (TPSA) is 94.5 Å². The van der Waals surface area contributed by atoms with Gasteiger partial charge in [-0.05, 0) is 38.1 Å². The van der Waals surface area contributed by atoms with Crippen LogP contribution in [0.4, 0.5) is 0 Å². The van der Waals surface area contributed by atoms with Crippen molar-refractivity contribution in [1.29, 1.82) is 0 Å². The first-order valence-electron chi connectivity index (χ1n) is 7.27. The van der Waals surface area contributed by atoms with Crippen molar-refractivity contribution < 1.29 is 19.1 Å². The molecule has 0 saturated heterocycles. The third-order valence-electron chi connectivity index (χ3n) is 3.36. The maximum atomic E-state index is 12.2. The molecule has 0 bridgehead atoms. The van der Waals surface area contributed by atoms with Crippen molar-refractivity contribution in [2.45, 2.75) is 20.4 Å². The molecule has 1 aromatic heterocycles. The summed E-state index contributed by atoms with van der Waals surface area (Å²) in [4.78, 5) is 24.2. The van der Waals surface area contributed by atoms with Crippen LogP contribution in [0.15, 0.2) is 24.3 Å². The fourth-order valence-electron chi connectivity index (χ4n) is 2.20. The number of hydrogen-bond donors (Lipinski definition) is 2. The Bertz CT molecular complexity index is 755. The average molecular weight is 332 g/mol. The van der Waals surface area contributed by atoms with E-state index in [2.05, 4.69) is 16.0 Å². The smallest absolute Gasteiger partial charge is 0.273 e. The molecule has 8 nitrogen and oxygen atoms in total. The summed E-state index contributed by atoms with van der Waals surface area (Å²) < 4.78 is 11.8. The summed E-state index contributed by atoms with van der Waals surface area (Å²) in [6.45, 7) is 3.71. The Kier molecular flexibility index (Phi) is 5.41. The van der Waals surface area contributed by atoms with E-state index in [-0.39, 0.29) is 12.1 Å². The number of carbonyl (C=O) groups is 2. The van der Waals surface area contributed by atoms with Crippen molar-refractivity contribution in [1.82, 2.24) is 20.6 Å². The van der Waals surface area contributed by atoms with Gasteiger partial charge in [-0.25, -0.2) is 0 Å². The molecule has 2 aromatic rings. The minimum atomic E-state index is -0.507. The molecular formula is C16H20N4O4. The Morgan fingerprint density at radius 1 is 1.12 bits per heavy atom. The first-order valence-corrected chi connectivity index (χ1v) is 7.27. The molecule has 0 atom stereocenters. The van der Waals surface area contributed by atoms with Gasteiger partial charge in [0.15, 0.2) is 0 Å². The summed E-state index contributed by atoms with van der Waals surface area (Å²) in [5, 5.41) is 4.19. The average Bonchev–Trinajstić information content (AvgIpc) is 2.89. The third kappa shape index (κ3) is 4.03. The van der Waals surface area contributed by atoms with Crippen LogP contribution < -0.4 is 20.3 Å². The van der Waals surface area contributed by atoms with Gasteiger partial charge in [-0.15, -0.1) is 0 Å². The van der Waals surface area contributed by atoms with E-state index in [0.717, 1.165) is 11.4 Å². The highest BCUT2D eigenvalue weighted by molar-refractivity contribution is 5.98. The van der Waals surface area contributed by atoms with Crippen molar-refractivity contribution in [3.8, 4) is 11.5 Å². The van der Waals surface area contributed by atoms with E-state index in [1.54, 1.807) is 16.8 Å². The maximum absolute atomic E-state index is 12.2. The lowest BCUT2D eigenvalue weighted by molar-refractivity contribution is -0.122. The molecule has 0 aliphatic heterocycles. The van der Waals surface area contributed by atoms with Crippen LogP contribution in [0.25, 0.3) is 0 Å². The number of amides is 2. The summed E-state index contributed by atoms with van der Waals surface area (Å²) in [7, 11) is 2.96. The Morgan fingerprint density at radius 3 is 2.46 bits per heavy atom. The number of ether oxygens (including phenoxy) is 2. The van der Waals surface area contributed by atoms with E-state index < -0.39 is 11.8 Å². The van der Waals surface area contributed by atoms with E-state index in [1.807, 2.05) is 19.9 Å². The van der Waals surface area contributed by atoms with Crippen LogP contribution in [0, 0.1) is 13.8 Å². The third-order valence-corrected chi connectivity index (χ3v) is 3.36. The Morgan fingerprint density at radius 2 is 1.88 bits per heavy atom. The van der Waals surface area contributed by atoms with Gasteiger partial charge in [0.1, 0.15) is 18.0 Å². The molecule has 128 valence electrons. The molecule has 0 aliphatic carbocycles. The standard InChI is InChI=1S/C16H20N4O4/c1-10-7-11(2)20(19-10)9-15(21)17-18-16(22)13-8-12(23-3)5-6-14(13)24-4/h5-8H,9H2,1-4H3,(H,17,21)(H,18,22). The van der Waals surface area contributed by atoms with Gasteiger partial charge in [-0.1, -0.05) is 0 Å². The Balaban J connectivity index is 2.00. The van der Waals surface area contributed by atoms with Gasteiger partial charge in [0.05, 0.1) is 25.5 Å². The fraction of sp³-hybridized carbons (Fsp3) is 0.312. The van der Waals surface area contributed by atoms with E-state index in [0.29, 0.717) is 11.5 Å². The van der Waals surface area contributed by atoms with Gasteiger partial charge in [-0.2, -0.15) is 5.10 Å². The first-order chi connectivity index (χ1) is 11.4. The number of aryl methyl sites for hydroxylation is 2. The number of methoxy groups -OCH3 is 2. The molecule has 0 spiro atoms. The molecular weight excluding hydrogens is 312 g/mol. The maximum Gasteiger partial charge on any atom is 0.273 e. The van der Waals surface area contributed by atoms with Crippen molar-refractivity contribution in [3.63, 3.8) is 0 Å². The second kappa shape index (κ2) is 7.49. The number of aromatic nitrogens is 2. The number of benzene rings is 1. The minimum absolute atomic E-state index is 0.00913. The Hall–Kier alpha value is -3.03. The van der Waals surface area contributed by atoms with Crippen LogP contribution in [0.3, 0.4) is 0 Å². The van der Waals surface area contributed by atoms with Crippen LogP contribution in [-0.2, 0) is 11.3 Å². The van der Waals surface area contributed by atoms with E-state index >= 15 is 0 Å². The lowest BCUT2D eigenvalue weighted by Gasteiger charge is -2.12. The van der Waals surface area contributed by atoms with Crippen LogP contribution in [-0.4, -0.2) is 35.8 Å². The molecule has 2 amide bonds. The lowest BCUT2D eigenvalue weighted by Crippen LogP contribution is -2.43. The zero-order chi connectivity index (χ0) is 17.7. The van der Waals surface area contributed by atoms with Gasteiger partial charge in [0.25, 0.3) is 11.8 Å². The van der Waals surface area contributed by atoms with Gasteiger partial charge in [0.2, 0.25) is 0 Å². The highest BCUT2D eigenvalue weighted by Crippen LogP contribution is 2.23. The molecule has 2 N–H and O–H groups in total. The zero-order valence-corrected chi connectivity index (χ0v) is 14.0. The molecule has 2 rings (SSSR count). The molecule has 0 unspecified atom stereocenters. The molecule has 8 heteroatoms. The van der Waals surface area contributed by atoms with Gasteiger partial charge in [0, 0.05) is 5.69 Å². The summed E-state index contributed by atoms with van der Waals surface area (Å²) in [6, 6.07) is 6.69. The summed E-state index contributed by atoms with van der Waals surface area (Å²) in [5.41, 5.74) is 6.66. The van der Waals surface area contributed by atoms with Crippen LogP contribution >= 0.6 is 0 Å². The summed E-state index contributed by atoms with van der Waals surface area (Å²) in [6.07, 6.45) is 0. The molecule has 1 heterocycles. The molecule has 1 aromatic carbocycles. The highest BCUT2D eigenvalue weighted by Gasteiger charge is 2.15. The van der Waals surface area contributed by atoms with Crippen molar-refractivity contribution in [2.24, 2.45) is 0 Å². The molecule has 0 fully saturated rings. The predicted molar refractivity (Wildman–Crippen MR) is 86.9 cm³/mol. The molecule has 0 saturated carbocycles. The van der Waals surface area contributed by atoms with Crippen LogP contribution in [0.2, 0.25) is 0 Å². The first kappa shape index (κ1) is 17.3. The highest BCUT2D eigenvalue weighted by atomic mass is 16.5. The molecule has 0 aliphatic rings. The van der Waals surface area contributed by atoms with Gasteiger partial charge >= 0.3 is 0 Å². The van der Waals surface area contributed by atoms with E-state index in [9.17, 15) is 9.59 Å². The number of rotatable bonds is 5. The Labute approximate surface area is 139 Å². The van der Waals surface area contributed by atoms with Gasteiger partial charge in [-0.3, -0.25) is 25.1 Å². The summed E-state index contributed by atoms with van der Waals surface area (Å²) >= 11 is 0. The second-order valence-electron chi connectivity index (χ2n) is 5.15. The molecule has 24 heavy (non-hydrogen) atoms. The van der Waals surface area contributed by atoms with E-state index in [1.165, 1.54) is 20.3 Å². The van der Waals surface area contributed by atoms with Gasteiger partial charge < -0.3 is 9.47 Å². The van der Waals surface area contributed by atoms with Crippen LogP contribution in [0.1, 0.15) is 21.7 Å². The number of hydrogen-bond acceptors (Lipinski definition) is 5. The number of nitrogens with zero attached hydrogens (tertiary/aromatic N) is 2. The number of nitrogens with one attached hydrogen (secondary N) is 2. The predicted octanol–water partition coefficient (Wildman–Crippen LogP) is 0.978. The fourth-order valence-corrected chi connectivity index (χ4v) is 2.20. The summed E-state index contributed by atoms with van der Waals surface area (Å²) in [5.74, 6) is -0.0140. The zero-order valence-electron chi connectivity index (χ0n) is 14.0. The SMILES string of the molecule is COc1ccc(OC)c(C(=O)NNC(=O)Cn2nc(C)cc2C)c1. The van der Waals surface area contributed by atoms with E-state index in [4.69, 9.17) is 9.47 Å². The quantitative estimate of drug-likeness (QED) is 0.796. The second-order valence-corrected chi connectivity index (χ2v) is 5.15. The number of hydrazine groups is 1. The molecule has 0 radical (unpaired) electrons. The van der Waals surface area contributed by atoms with Crippen molar-refractivity contribution >= 4 is 11.8 Å². The van der Waals surface area contributed by atoms with Crippen molar-refractivity contribution in [3.05, 3.63) is 41.2 Å². The lowest BCUT2D eigenvalue weighted by atomic mass is 10.2. The van der Waals surface area contributed by atoms with Crippen LogP contribution in [0.5, 0.6) is 11.5 Å². The normalized spacial score (nSPS) is 10.2. The minimum Gasteiger partial charge on any atom is -0.497 e. The monoisotopic (exact) mass is 332 g/mol. The number of carbonyl (C=O) groups excluding carboxylic acids is 2. The largest absolute Gasteiger partial charge is 0.497 e.